The number of aryl methyl sites for hydroxylation is 1. The highest BCUT2D eigenvalue weighted by Crippen LogP contribution is 2.35. The van der Waals surface area contributed by atoms with E-state index in [-0.39, 0.29) is 11.9 Å². The number of amides is 1. The van der Waals surface area contributed by atoms with Gasteiger partial charge in [0, 0.05) is 0 Å². The first-order valence-corrected chi connectivity index (χ1v) is 8.80. The summed E-state index contributed by atoms with van der Waals surface area (Å²) in [6.07, 6.45) is 0. The molecule has 0 unspecified atom stereocenters. The van der Waals surface area contributed by atoms with Crippen LogP contribution in [0, 0.1) is 6.92 Å². The van der Waals surface area contributed by atoms with Crippen LogP contribution in [0.15, 0.2) is 53.7 Å². The molecule has 26 heavy (non-hydrogen) atoms. The lowest BCUT2D eigenvalue weighted by molar-refractivity contribution is -0.115. The standard InChI is InChI=1S/C18H19N5O2S/c1-11-8-9-14(25-2)13(10-11)20-16(24)15(12-6-4-3-5-7-12)26-18-21-17(19)22-23-18/h3-10,15H,1-2H3,(H,20,24)(H3,19,21,22,23)/t15-/m0/s1. The molecular weight excluding hydrogens is 350 g/mol. The number of aromatic amines is 1. The van der Waals surface area contributed by atoms with E-state index in [9.17, 15) is 4.79 Å². The SMILES string of the molecule is COc1ccc(C)cc1NC(=O)[C@@H](Sc1n[nH]c(N)n1)c1ccccc1. The van der Waals surface area contributed by atoms with Gasteiger partial charge in [0.25, 0.3) is 0 Å². The molecule has 2 aromatic carbocycles. The molecule has 0 bridgehead atoms. The molecular formula is C18H19N5O2S. The lowest BCUT2D eigenvalue weighted by Gasteiger charge is -2.17. The van der Waals surface area contributed by atoms with E-state index in [1.807, 2.05) is 55.5 Å². The molecule has 0 aliphatic rings. The van der Waals surface area contributed by atoms with Crippen molar-refractivity contribution in [2.75, 3.05) is 18.2 Å². The number of methoxy groups -OCH3 is 1. The smallest absolute Gasteiger partial charge is 0.242 e. The molecule has 1 atom stereocenters. The van der Waals surface area contributed by atoms with Gasteiger partial charge in [0.1, 0.15) is 11.0 Å². The van der Waals surface area contributed by atoms with Gasteiger partial charge >= 0.3 is 0 Å². The van der Waals surface area contributed by atoms with Gasteiger partial charge < -0.3 is 15.8 Å². The number of hydrogen-bond donors (Lipinski definition) is 3. The summed E-state index contributed by atoms with van der Waals surface area (Å²) in [5.41, 5.74) is 8.06. The fourth-order valence-electron chi connectivity index (χ4n) is 2.43. The van der Waals surface area contributed by atoms with Crippen molar-refractivity contribution in [1.82, 2.24) is 15.2 Å². The Morgan fingerprint density at radius 1 is 1.27 bits per heavy atom. The molecule has 0 radical (unpaired) electrons. The summed E-state index contributed by atoms with van der Waals surface area (Å²) >= 11 is 1.22. The molecule has 0 fully saturated rings. The van der Waals surface area contributed by atoms with Crippen molar-refractivity contribution in [1.29, 1.82) is 0 Å². The maximum atomic E-state index is 13.0. The van der Waals surface area contributed by atoms with E-state index < -0.39 is 5.25 Å². The van der Waals surface area contributed by atoms with Crippen LogP contribution in [0.4, 0.5) is 11.6 Å². The quantitative estimate of drug-likeness (QED) is 0.576. The molecule has 8 heteroatoms. The van der Waals surface area contributed by atoms with Crippen molar-refractivity contribution in [3.63, 3.8) is 0 Å². The number of carbonyl (C=O) groups excluding carboxylic acids is 1. The van der Waals surface area contributed by atoms with Crippen LogP contribution < -0.4 is 15.8 Å². The van der Waals surface area contributed by atoms with Crippen molar-refractivity contribution in [2.24, 2.45) is 0 Å². The first kappa shape index (κ1) is 17.8. The highest BCUT2D eigenvalue weighted by molar-refractivity contribution is 8.00. The van der Waals surface area contributed by atoms with Crippen molar-refractivity contribution in [3.8, 4) is 5.75 Å². The van der Waals surface area contributed by atoms with Crippen molar-refractivity contribution < 1.29 is 9.53 Å². The van der Waals surface area contributed by atoms with Crippen molar-refractivity contribution >= 4 is 29.3 Å². The van der Waals surface area contributed by atoms with E-state index in [4.69, 9.17) is 10.5 Å². The molecule has 0 aliphatic heterocycles. The summed E-state index contributed by atoms with van der Waals surface area (Å²) in [5, 5.41) is 9.41. The molecule has 4 N–H and O–H groups in total. The van der Waals surface area contributed by atoms with Gasteiger partial charge in [-0.3, -0.25) is 4.79 Å². The Labute approximate surface area is 155 Å². The minimum absolute atomic E-state index is 0.200. The molecule has 1 amide bonds. The Balaban J connectivity index is 1.89. The first-order valence-electron chi connectivity index (χ1n) is 7.92. The molecule has 3 aromatic rings. The van der Waals surface area contributed by atoms with Crippen LogP contribution in [-0.2, 0) is 4.79 Å². The number of anilines is 2. The molecule has 0 aliphatic carbocycles. The largest absolute Gasteiger partial charge is 0.495 e. The van der Waals surface area contributed by atoms with Crippen LogP contribution in [0.2, 0.25) is 0 Å². The Bertz CT molecular complexity index is 898. The minimum Gasteiger partial charge on any atom is -0.495 e. The fraction of sp³-hybridized carbons (Fsp3) is 0.167. The Kier molecular flexibility index (Phi) is 5.43. The number of ether oxygens (including phenoxy) is 1. The van der Waals surface area contributed by atoms with Gasteiger partial charge in [-0.25, -0.2) is 5.10 Å². The number of carbonyl (C=O) groups is 1. The predicted molar refractivity (Wildman–Crippen MR) is 102 cm³/mol. The zero-order valence-electron chi connectivity index (χ0n) is 14.4. The van der Waals surface area contributed by atoms with E-state index in [2.05, 4.69) is 20.5 Å². The summed E-state index contributed by atoms with van der Waals surface area (Å²) in [6.45, 7) is 1.95. The number of rotatable bonds is 6. The van der Waals surface area contributed by atoms with E-state index >= 15 is 0 Å². The highest BCUT2D eigenvalue weighted by Gasteiger charge is 2.25. The number of H-pyrrole nitrogens is 1. The molecule has 0 saturated carbocycles. The Hall–Kier alpha value is -3.00. The average Bonchev–Trinajstić information content (AvgIpc) is 3.05. The molecule has 7 nitrogen and oxygen atoms in total. The first-order chi connectivity index (χ1) is 12.6. The molecule has 134 valence electrons. The summed E-state index contributed by atoms with van der Waals surface area (Å²) in [5.74, 6) is 0.608. The summed E-state index contributed by atoms with van der Waals surface area (Å²) in [7, 11) is 1.57. The summed E-state index contributed by atoms with van der Waals surface area (Å²) in [6, 6.07) is 15.1. The number of hydrogen-bond acceptors (Lipinski definition) is 6. The van der Waals surface area contributed by atoms with E-state index in [0.29, 0.717) is 16.6 Å². The summed E-state index contributed by atoms with van der Waals surface area (Å²) in [4.78, 5) is 17.1. The van der Waals surface area contributed by atoms with Crippen LogP contribution >= 0.6 is 11.8 Å². The number of nitrogen functional groups attached to an aromatic ring is 1. The van der Waals surface area contributed by atoms with Crippen LogP contribution in [-0.4, -0.2) is 28.2 Å². The number of aromatic nitrogens is 3. The molecule has 1 heterocycles. The van der Waals surface area contributed by atoms with Gasteiger partial charge in [0.05, 0.1) is 12.8 Å². The number of nitrogens with one attached hydrogen (secondary N) is 2. The lowest BCUT2D eigenvalue weighted by Crippen LogP contribution is -2.19. The van der Waals surface area contributed by atoms with Crippen molar-refractivity contribution in [2.45, 2.75) is 17.3 Å². The van der Waals surface area contributed by atoms with Crippen LogP contribution in [0.3, 0.4) is 0 Å². The van der Waals surface area contributed by atoms with Crippen LogP contribution in [0.1, 0.15) is 16.4 Å². The molecule has 1 aromatic heterocycles. The topological polar surface area (TPSA) is 106 Å². The third kappa shape index (κ3) is 4.15. The highest BCUT2D eigenvalue weighted by atomic mass is 32.2. The number of thioether (sulfide) groups is 1. The van der Waals surface area contributed by atoms with Gasteiger partial charge in [-0.1, -0.05) is 48.2 Å². The Morgan fingerprint density at radius 2 is 2.04 bits per heavy atom. The van der Waals surface area contributed by atoms with Gasteiger partial charge in [0.15, 0.2) is 0 Å². The zero-order chi connectivity index (χ0) is 18.5. The third-order valence-corrected chi connectivity index (χ3v) is 4.77. The molecule has 0 spiro atoms. The average molecular weight is 369 g/mol. The maximum absolute atomic E-state index is 13.0. The Morgan fingerprint density at radius 3 is 2.69 bits per heavy atom. The summed E-state index contributed by atoms with van der Waals surface area (Å²) < 4.78 is 5.34. The van der Waals surface area contributed by atoms with Crippen LogP contribution in [0.5, 0.6) is 5.75 Å². The number of benzene rings is 2. The fourth-order valence-corrected chi connectivity index (χ4v) is 3.35. The second-order valence-corrected chi connectivity index (χ2v) is 6.68. The van der Waals surface area contributed by atoms with Crippen molar-refractivity contribution in [3.05, 3.63) is 59.7 Å². The lowest BCUT2D eigenvalue weighted by atomic mass is 10.1. The van der Waals surface area contributed by atoms with Gasteiger partial charge in [-0.05, 0) is 30.2 Å². The van der Waals surface area contributed by atoms with Gasteiger partial charge in [-0.15, -0.1) is 5.10 Å². The van der Waals surface area contributed by atoms with Gasteiger partial charge in [-0.2, -0.15) is 4.98 Å². The zero-order valence-corrected chi connectivity index (χ0v) is 15.2. The number of nitrogens with two attached hydrogens (primary N) is 1. The second-order valence-electron chi connectivity index (χ2n) is 5.60. The van der Waals surface area contributed by atoms with E-state index in [1.165, 1.54) is 11.8 Å². The third-order valence-electron chi connectivity index (χ3n) is 3.66. The monoisotopic (exact) mass is 369 g/mol. The predicted octanol–water partition coefficient (Wildman–Crippen LogP) is 3.18. The molecule has 0 saturated heterocycles. The second kappa shape index (κ2) is 7.92. The van der Waals surface area contributed by atoms with E-state index in [0.717, 1.165) is 11.1 Å². The van der Waals surface area contributed by atoms with Crippen LogP contribution in [0.25, 0.3) is 0 Å². The van der Waals surface area contributed by atoms with E-state index in [1.54, 1.807) is 7.11 Å². The maximum Gasteiger partial charge on any atom is 0.242 e. The molecule has 3 rings (SSSR count). The normalized spacial score (nSPS) is 11.8. The van der Waals surface area contributed by atoms with Gasteiger partial charge in [0.2, 0.25) is 17.0 Å². The minimum atomic E-state index is -0.545. The number of nitrogens with zero attached hydrogens (tertiary/aromatic N) is 2.